The van der Waals surface area contributed by atoms with E-state index in [0.29, 0.717) is 6.54 Å². The number of hydrogen-bond acceptors (Lipinski definition) is 2. The zero-order valence-electron chi connectivity index (χ0n) is 10.9. The van der Waals surface area contributed by atoms with Crippen LogP contribution in [0.2, 0.25) is 0 Å². The fraction of sp³-hybridized carbons (Fsp3) is 0.533. The molecule has 0 saturated heterocycles. The highest BCUT2D eigenvalue weighted by Crippen LogP contribution is 2.34. The molecule has 98 valence electrons. The molecular weight excluding hydrogens is 226 g/mol. The van der Waals surface area contributed by atoms with Gasteiger partial charge in [-0.3, -0.25) is 10.1 Å². The molecule has 2 unspecified atom stereocenters. The maximum absolute atomic E-state index is 11.6. The Labute approximate surface area is 108 Å². The summed E-state index contributed by atoms with van der Waals surface area (Å²) < 4.78 is 0. The van der Waals surface area contributed by atoms with Gasteiger partial charge < -0.3 is 5.11 Å². The molecule has 0 heterocycles. The number of aliphatic carboxylic acids is 1. The van der Waals surface area contributed by atoms with E-state index in [0.717, 1.165) is 31.2 Å². The zero-order valence-corrected chi connectivity index (χ0v) is 10.9. The first kappa shape index (κ1) is 13.1. The van der Waals surface area contributed by atoms with Gasteiger partial charge in [-0.2, -0.15) is 0 Å². The maximum Gasteiger partial charge on any atom is 0.324 e. The number of hydrogen-bond donors (Lipinski definition) is 2. The van der Waals surface area contributed by atoms with Crippen LogP contribution in [0.15, 0.2) is 30.3 Å². The fourth-order valence-corrected chi connectivity index (χ4v) is 2.86. The molecule has 2 rings (SSSR count). The van der Waals surface area contributed by atoms with E-state index in [1.807, 2.05) is 37.3 Å². The topological polar surface area (TPSA) is 49.3 Å². The van der Waals surface area contributed by atoms with E-state index < -0.39 is 11.5 Å². The van der Waals surface area contributed by atoms with Gasteiger partial charge in [0.1, 0.15) is 5.54 Å². The number of carboxylic acids is 1. The molecule has 3 nitrogen and oxygen atoms in total. The predicted molar refractivity (Wildman–Crippen MR) is 71.3 cm³/mol. The molecule has 18 heavy (non-hydrogen) atoms. The highest BCUT2D eigenvalue weighted by atomic mass is 16.4. The van der Waals surface area contributed by atoms with E-state index in [1.54, 1.807) is 0 Å². The summed E-state index contributed by atoms with van der Waals surface area (Å²) in [5.74, 6) is -0.516. The molecule has 1 aliphatic carbocycles. The number of benzene rings is 1. The Bertz CT molecular complexity index is 404. The molecule has 0 aromatic heterocycles. The molecule has 2 atom stereocenters. The summed E-state index contributed by atoms with van der Waals surface area (Å²) in [6.45, 7) is 2.67. The average Bonchev–Trinajstić information content (AvgIpc) is 2.39. The molecule has 0 amide bonds. The Kier molecular flexibility index (Phi) is 4.02. The first-order chi connectivity index (χ1) is 8.65. The van der Waals surface area contributed by atoms with Crippen LogP contribution in [-0.2, 0) is 11.3 Å². The predicted octanol–water partition coefficient (Wildman–Crippen LogP) is 2.81. The van der Waals surface area contributed by atoms with Crippen LogP contribution in [0.5, 0.6) is 0 Å². The highest BCUT2D eigenvalue weighted by molar-refractivity contribution is 5.79. The molecule has 1 saturated carbocycles. The van der Waals surface area contributed by atoms with Crippen molar-refractivity contribution < 1.29 is 9.90 Å². The van der Waals surface area contributed by atoms with E-state index in [9.17, 15) is 9.90 Å². The minimum Gasteiger partial charge on any atom is -0.480 e. The molecule has 1 aromatic rings. The second-order valence-corrected chi connectivity index (χ2v) is 5.26. The molecule has 1 fully saturated rings. The molecular formula is C15H21NO2. The Balaban J connectivity index is 2.09. The van der Waals surface area contributed by atoms with Crippen molar-refractivity contribution in [2.45, 2.75) is 44.7 Å². The van der Waals surface area contributed by atoms with Gasteiger partial charge in [0.25, 0.3) is 0 Å². The first-order valence-corrected chi connectivity index (χ1v) is 6.67. The summed E-state index contributed by atoms with van der Waals surface area (Å²) >= 11 is 0. The summed E-state index contributed by atoms with van der Waals surface area (Å²) in [6.07, 6.45) is 3.87. The second-order valence-electron chi connectivity index (χ2n) is 5.26. The lowest BCUT2D eigenvalue weighted by molar-refractivity contribution is -0.149. The minimum absolute atomic E-state index is 0.187. The molecule has 1 aromatic carbocycles. The van der Waals surface area contributed by atoms with Crippen molar-refractivity contribution in [2.75, 3.05) is 0 Å². The second kappa shape index (κ2) is 5.53. The van der Waals surface area contributed by atoms with Crippen LogP contribution < -0.4 is 5.32 Å². The van der Waals surface area contributed by atoms with Crippen molar-refractivity contribution in [3.05, 3.63) is 35.9 Å². The van der Waals surface area contributed by atoms with Gasteiger partial charge in [0.2, 0.25) is 0 Å². The lowest BCUT2D eigenvalue weighted by atomic mass is 9.73. The van der Waals surface area contributed by atoms with Crippen LogP contribution >= 0.6 is 0 Å². The van der Waals surface area contributed by atoms with Gasteiger partial charge in [0.05, 0.1) is 0 Å². The Hall–Kier alpha value is -1.35. The molecule has 0 bridgehead atoms. The van der Waals surface area contributed by atoms with Crippen LogP contribution in [-0.4, -0.2) is 16.6 Å². The molecule has 0 radical (unpaired) electrons. The van der Waals surface area contributed by atoms with E-state index in [-0.39, 0.29) is 5.92 Å². The monoisotopic (exact) mass is 247 g/mol. The lowest BCUT2D eigenvalue weighted by Crippen LogP contribution is -2.57. The fourth-order valence-electron chi connectivity index (χ4n) is 2.86. The summed E-state index contributed by atoms with van der Waals surface area (Å²) in [5.41, 5.74) is 0.393. The Morgan fingerprint density at radius 2 is 2.11 bits per heavy atom. The van der Waals surface area contributed by atoms with Gasteiger partial charge in [0, 0.05) is 6.54 Å². The summed E-state index contributed by atoms with van der Waals surface area (Å²) in [4.78, 5) is 11.6. The smallest absolute Gasteiger partial charge is 0.324 e. The summed E-state index contributed by atoms with van der Waals surface area (Å²) in [7, 11) is 0. The van der Waals surface area contributed by atoms with Crippen molar-refractivity contribution in [3.8, 4) is 0 Å². The van der Waals surface area contributed by atoms with Crippen molar-refractivity contribution in [1.82, 2.24) is 5.32 Å². The number of nitrogens with one attached hydrogen (secondary N) is 1. The van der Waals surface area contributed by atoms with E-state index in [1.165, 1.54) is 0 Å². The molecule has 3 heteroatoms. The number of carboxylic acid groups (broad SMARTS) is 1. The third kappa shape index (κ3) is 2.56. The molecule has 1 aliphatic rings. The van der Waals surface area contributed by atoms with E-state index >= 15 is 0 Å². The van der Waals surface area contributed by atoms with Crippen LogP contribution in [0.3, 0.4) is 0 Å². The van der Waals surface area contributed by atoms with Crippen LogP contribution in [0.1, 0.15) is 38.2 Å². The van der Waals surface area contributed by atoms with Gasteiger partial charge in [-0.1, -0.05) is 50.1 Å². The van der Waals surface area contributed by atoms with Crippen molar-refractivity contribution >= 4 is 5.97 Å². The largest absolute Gasteiger partial charge is 0.480 e. The standard InChI is InChI=1S/C15H21NO2/c1-12-7-5-6-10-15(12,14(17)18)16-11-13-8-3-2-4-9-13/h2-4,8-9,12,16H,5-7,10-11H2,1H3,(H,17,18). The van der Waals surface area contributed by atoms with Crippen LogP contribution in [0.4, 0.5) is 0 Å². The minimum atomic E-state index is -0.742. The zero-order chi connectivity index (χ0) is 13.0. The summed E-state index contributed by atoms with van der Waals surface area (Å²) in [6, 6.07) is 9.98. The third-order valence-electron chi connectivity index (χ3n) is 4.13. The van der Waals surface area contributed by atoms with E-state index in [4.69, 9.17) is 0 Å². The SMILES string of the molecule is CC1CCCCC1(NCc1ccccc1)C(=O)O. The Morgan fingerprint density at radius 1 is 1.39 bits per heavy atom. The summed E-state index contributed by atoms with van der Waals surface area (Å²) in [5, 5.41) is 12.9. The maximum atomic E-state index is 11.6. The first-order valence-electron chi connectivity index (χ1n) is 6.67. The van der Waals surface area contributed by atoms with Crippen LogP contribution in [0, 0.1) is 5.92 Å². The van der Waals surface area contributed by atoms with Gasteiger partial charge in [-0.05, 0) is 24.3 Å². The average molecular weight is 247 g/mol. The van der Waals surface area contributed by atoms with Crippen molar-refractivity contribution in [1.29, 1.82) is 0 Å². The van der Waals surface area contributed by atoms with Crippen LogP contribution in [0.25, 0.3) is 0 Å². The van der Waals surface area contributed by atoms with Gasteiger partial charge in [-0.15, -0.1) is 0 Å². The van der Waals surface area contributed by atoms with Gasteiger partial charge in [0.15, 0.2) is 0 Å². The number of rotatable bonds is 4. The quantitative estimate of drug-likeness (QED) is 0.860. The molecule has 0 spiro atoms. The normalized spacial score (nSPS) is 27.9. The van der Waals surface area contributed by atoms with E-state index in [2.05, 4.69) is 5.32 Å². The van der Waals surface area contributed by atoms with Crippen molar-refractivity contribution in [3.63, 3.8) is 0 Å². The third-order valence-corrected chi connectivity index (χ3v) is 4.13. The number of carbonyl (C=O) groups is 1. The lowest BCUT2D eigenvalue weighted by Gasteiger charge is -2.40. The van der Waals surface area contributed by atoms with Crippen molar-refractivity contribution in [2.24, 2.45) is 5.92 Å². The molecule has 2 N–H and O–H groups in total. The Morgan fingerprint density at radius 3 is 2.72 bits per heavy atom. The van der Waals surface area contributed by atoms with Gasteiger partial charge in [-0.25, -0.2) is 0 Å². The molecule has 0 aliphatic heterocycles. The van der Waals surface area contributed by atoms with Gasteiger partial charge >= 0.3 is 5.97 Å². The highest BCUT2D eigenvalue weighted by Gasteiger charge is 2.44.